The maximum atomic E-state index is 12.5. The van der Waals surface area contributed by atoms with Crippen LogP contribution in [0.3, 0.4) is 0 Å². The summed E-state index contributed by atoms with van der Waals surface area (Å²) in [5.74, 6) is -1.06. The van der Waals surface area contributed by atoms with Crippen molar-refractivity contribution in [2.75, 3.05) is 26.4 Å². The second kappa shape index (κ2) is 39.6. The third-order valence-corrected chi connectivity index (χ3v) is 8.41. The summed E-state index contributed by atoms with van der Waals surface area (Å²) in [4.78, 5) is 34.9. The number of phosphoric ester groups is 1. The van der Waals surface area contributed by atoms with Crippen LogP contribution in [0, 0.1) is 0 Å². The van der Waals surface area contributed by atoms with Gasteiger partial charge in [-0.3, -0.25) is 18.6 Å². The Kier molecular flexibility index (Phi) is 37.0. The van der Waals surface area contributed by atoms with Crippen LogP contribution in [0.25, 0.3) is 0 Å². The number of esters is 2. The average molecular weight is 801 g/mol. The summed E-state index contributed by atoms with van der Waals surface area (Å²) in [5.41, 5.74) is 0. The van der Waals surface area contributed by atoms with Crippen LogP contribution < -0.4 is 0 Å². The Hall–Kier alpha value is -3.63. The largest absolute Gasteiger partial charge is 0.472 e. The molecule has 0 bridgehead atoms. The van der Waals surface area contributed by atoms with E-state index < -0.39 is 51.8 Å². The second-order valence-corrected chi connectivity index (χ2v) is 14.1. The molecule has 3 atom stereocenters. The van der Waals surface area contributed by atoms with Crippen molar-refractivity contribution < 1.29 is 47.8 Å². The number of allylic oxidation sites excluding steroid dienone is 20. The van der Waals surface area contributed by atoms with Crippen LogP contribution >= 0.6 is 7.82 Å². The molecule has 0 aliphatic rings. The first-order valence-electron chi connectivity index (χ1n) is 20.0. The number of rotatable bonds is 35. The first kappa shape index (κ1) is 52.4. The molecule has 0 radical (unpaired) electrons. The number of aliphatic hydroxyl groups is 2. The van der Waals surface area contributed by atoms with E-state index in [4.69, 9.17) is 19.1 Å². The molecule has 0 aromatic carbocycles. The average Bonchev–Trinajstić information content (AvgIpc) is 3.19. The predicted molar refractivity (Wildman–Crippen MR) is 228 cm³/mol. The van der Waals surface area contributed by atoms with E-state index in [-0.39, 0.29) is 19.4 Å². The Morgan fingerprint density at radius 3 is 1.61 bits per heavy atom. The summed E-state index contributed by atoms with van der Waals surface area (Å²) in [6.45, 7) is 1.96. The lowest BCUT2D eigenvalue weighted by atomic mass is 10.1. The number of phosphoric acid groups is 1. The first-order valence-corrected chi connectivity index (χ1v) is 21.5. The molecule has 0 fully saturated rings. The molecule has 0 saturated heterocycles. The zero-order chi connectivity index (χ0) is 41.2. The molecular weight excluding hydrogens is 731 g/mol. The second-order valence-electron chi connectivity index (χ2n) is 12.6. The molecule has 0 aromatic rings. The van der Waals surface area contributed by atoms with Crippen LogP contribution in [0.1, 0.15) is 110 Å². The van der Waals surface area contributed by atoms with Crippen LogP contribution in [-0.4, -0.2) is 65.7 Å². The lowest BCUT2D eigenvalue weighted by Crippen LogP contribution is -2.29. The van der Waals surface area contributed by atoms with Crippen molar-refractivity contribution in [3.8, 4) is 0 Å². The number of carbonyl (C=O) groups is 2. The van der Waals surface area contributed by atoms with Crippen molar-refractivity contribution in [3.63, 3.8) is 0 Å². The summed E-state index contributed by atoms with van der Waals surface area (Å²) >= 11 is 0. The zero-order valence-corrected chi connectivity index (χ0v) is 34.7. The Labute approximate surface area is 337 Å². The maximum Gasteiger partial charge on any atom is 0.472 e. The third-order valence-electron chi connectivity index (χ3n) is 7.46. The molecule has 314 valence electrons. The van der Waals surface area contributed by atoms with Crippen LogP contribution in [0.15, 0.2) is 122 Å². The summed E-state index contributed by atoms with van der Waals surface area (Å²) in [7, 11) is -4.65. The van der Waals surface area contributed by atoms with Gasteiger partial charge in [0, 0.05) is 12.8 Å². The van der Waals surface area contributed by atoms with Gasteiger partial charge in [0.25, 0.3) is 0 Å². The molecule has 2 unspecified atom stereocenters. The van der Waals surface area contributed by atoms with Crippen LogP contribution in [0.2, 0.25) is 0 Å². The van der Waals surface area contributed by atoms with Gasteiger partial charge >= 0.3 is 19.8 Å². The molecule has 0 heterocycles. The van der Waals surface area contributed by atoms with Crippen LogP contribution in [0.4, 0.5) is 0 Å². The number of hydrogen-bond donors (Lipinski definition) is 3. The Morgan fingerprint density at radius 2 is 1.04 bits per heavy atom. The van der Waals surface area contributed by atoms with Crippen molar-refractivity contribution in [2.24, 2.45) is 0 Å². The molecular formula is C45H69O10P. The number of aliphatic hydroxyl groups excluding tert-OH is 2. The van der Waals surface area contributed by atoms with E-state index >= 15 is 0 Å². The van der Waals surface area contributed by atoms with Crippen molar-refractivity contribution >= 4 is 19.8 Å². The zero-order valence-electron chi connectivity index (χ0n) is 33.8. The van der Waals surface area contributed by atoms with Gasteiger partial charge in [0.2, 0.25) is 0 Å². The van der Waals surface area contributed by atoms with E-state index in [1.54, 1.807) is 0 Å². The van der Waals surface area contributed by atoms with Crippen molar-refractivity contribution in [1.29, 1.82) is 0 Å². The minimum Gasteiger partial charge on any atom is -0.462 e. The summed E-state index contributed by atoms with van der Waals surface area (Å²) in [6.07, 6.45) is 50.4. The summed E-state index contributed by atoms with van der Waals surface area (Å²) in [5, 5.41) is 18.3. The highest BCUT2D eigenvalue weighted by Crippen LogP contribution is 2.43. The van der Waals surface area contributed by atoms with Gasteiger partial charge in [0.1, 0.15) is 12.7 Å². The minimum atomic E-state index is -4.65. The topological polar surface area (TPSA) is 149 Å². The first-order chi connectivity index (χ1) is 27.2. The highest BCUT2D eigenvalue weighted by atomic mass is 31.2. The SMILES string of the molecule is CC/C=C/C=C/C=C/C=C/CCCCCC(=O)OC(COC(=O)CCC/C=C/C/C=C/C/C=C/C/C=C/C/C=C/C/C=C/CC)COP(=O)(O)OC[C@H](O)CO. The molecule has 0 aliphatic carbocycles. The van der Waals surface area contributed by atoms with E-state index in [1.165, 1.54) is 0 Å². The van der Waals surface area contributed by atoms with Gasteiger partial charge in [-0.05, 0) is 77.0 Å². The van der Waals surface area contributed by atoms with Crippen molar-refractivity contribution in [2.45, 2.75) is 122 Å². The molecule has 0 aromatic heterocycles. The lowest BCUT2D eigenvalue weighted by molar-refractivity contribution is -0.161. The van der Waals surface area contributed by atoms with Gasteiger partial charge in [-0.25, -0.2) is 4.57 Å². The maximum absolute atomic E-state index is 12.5. The normalized spacial score (nSPS) is 15.2. The van der Waals surface area contributed by atoms with E-state index in [0.717, 1.165) is 64.2 Å². The molecule has 0 rings (SSSR count). The summed E-state index contributed by atoms with van der Waals surface area (Å²) in [6, 6.07) is 0. The monoisotopic (exact) mass is 800 g/mol. The number of hydrogen-bond acceptors (Lipinski definition) is 9. The van der Waals surface area contributed by atoms with E-state index in [2.05, 4.69) is 91.3 Å². The quantitative estimate of drug-likeness (QED) is 0.0186. The third kappa shape index (κ3) is 38.6. The highest BCUT2D eigenvalue weighted by Gasteiger charge is 2.27. The minimum absolute atomic E-state index is 0.117. The highest BCUT2D eigenvalue weighted by molar-refractivity contribution is 7.47. The molecule has 56 heavy (non-hydrogen) atoms. The van der Waals surface area contributed by atoms with Crippen molar-refractivity contribution in [3.05, 3.63) is 122 Å². The van der Waals surface area contributed by atoms with Crippen LogP contribution in [0.5, 0.6) is 0 Å². The predicted octanol–water partition coefficient (Wildman–Crippen LogP) is 10.4. The number of unbranched alkanes of at least 4 members (excludes halogenated alkanes) is 4. The molecule has 11 heteroatoms. The Bertz CT molecular complexity index is 1340. The van der Waals surface area contributed by atoms with Crippen LogP contribution in [-0.2, 0) is 32.7 Å². The van der Waals surface area contributed by atoms with Crippen molar-refractivity contribution in [1.82, 2.24) is 0 Å². The lowest BCUT2D eigenvalue weighted by Gasteiger charge is -2.20. The molecule has 0 aliphatic heterocycles. The summed E-state index contributed by atoms with van der Waals surface area (Å²) < 4.78 is 32.5. The van der Waals surface area contributed by atoms with E-state index in [9.17, 15) is 24.2 Å². The molecule has 0 amide bonds. The van der Waals surface area contributed by atoms with Gasteiger partial charge in [-0.2, -0.15) is 0 Å². The van der Waals surface area contributed by atoms with Gasteiger partial charge < -0.3 is 24.6 Å². The van der Waals surface area contributed by atoms with E-state index in [0.29, 0.717) is 19.3 Å². The molecule has 0 spiro atoms. The number of carbonyl (C=O) groups excluding carboxylic acids is 2. The van der Waals surface area contributed by atoms with E-state index in [1.807, 2.05) is 48.6 Å². The van der Waals surface area contributed by atoms with Gasteiger partial charge in [0.15, 0.2) is 6.10 Å². The fourth-order valence-electron chi connectivity index (χ4n) is 4.42. The Morgan fingerprint density at radius 1 is 0.554 bits per heavy atom. The smallest absolute Gasteiger partial charge is 0.462 e. The fraction of sp³-hybridized carbons (Fsp3) is 0.511. The number of ether oxygens (including phenoxy) is 2. The standard InChI is InChI=1S/C45H69O10P/c1-3-5-7-9-11-13-15-17-18-19-20-21-22-23-25-26-28-30-32-34-36-44(48)52-40-43(41-54-56(50,51)53-39-42(47)38-46)55-45(49)37-35-33-31-29-27-24-16-14-12-10-8-6-4-2/h5-8,10-14,16-18,20-21,23-25,27-28,30,42-43,46-47H,3-4,9,15,19,22,26,29,31-41H2,1-2H3,(H,50,51)/b7-5+,8-6+,12-10+,13-11+,16-14+,18-17+,21-20+,25-23+,27-24+,30-28+/t42-,43?/m1/s1. The Balaban J connectivity index is 4.51. The van der Waals surface area contributed by atoms with Gasteiger partial charge in [-0.15, -0.1) is 0 Å². The molecule has 0 saturated carbocycles. The fourth-order valence-corrected chi connectivity index (χ4v) is 5.21. The van der Waals surface area contributed by atoms with Gasteiger partial charge in [0.05, 0.1) is 19.8 Å². The molecule has 3 N–H and O–H groups in total. The molecule has 10 nitrogen and oxygen atoms in total. The van der Waals surface area contributed by atoms with Gasteiger partial charge in [-0.1, -0.05) is 142 Å².